The van der Waals surface area contributed by atoms with Crippen molar-refractivity contribution in [1.82, 2.24) is 0 Å². The van der Waals surface area contributed by atoms with Gasteiger partial charge < -0.3 is 10.8 Å². The van der Waals surface area contributed by atoms with Crippen LogP contribution >= 0.6 is 11.8 Å². The molecule has 0 spiro atoms. The van der Waals surface area contributed by atoms with Crippen molar-refractivity contribution >= 4 is 17.4 Å². The maximum atomic E-state index is 10.4. The third kappa shape index (κ3) is 4.18. The molecule has 0 radical (unpaired) electrons. The lowest BCUT2D eigenvalue weighted by Crippen LogP contribution is -2.26. The molecule has 0 bridgehead atoms. The summed E-state index contributed by atoms with van der Waals surface area (Å²) in [4.78, 5) is 9.99. The van der Waals surface area contributed by atoms with Crippen molar-refractivity contribution in [2.24, 2.45) is 5.73 Å². The van der Waals surface area contributed by atoms with Gasteiger partial charge >= 0.3 is 0 Å². The smallest absolute Gasteiger partial charge is 0.269 e. The number of nitro groups is 1. The van der Waals surface area contributed by atoms with Crippen LogP contribution in [0.1, 0.15) is 5.56 Å². The van der Waals surface area contributed by atoms with Gasteiger partial charge in [0, 0.05) is 29.7 Å². The van der Waals surface area contributed by atoms with Gasteiger partial charge in [-0.3, -0.25) is 10.1 Å². The van der Waals surface area contributed by atoms with Crippen molar-refractivity contribution < 1.29 is 10.0 Å². The topological polar surface area (TPSA) is 89.4 Å². The quantitative estimate of drug-likeness (QED) is 0.577. The second kappa shape index (κ2) is 6.47. The van der Waals surface area contributed by atoms with Gasteiger partial charge in [0.15, 0.2) is 0 Å². The fourth-order valence-electron chi connectivity index (χ4n) is 1.09. The Morgan fingerprint density at radius 1 is 1.44 bits per heavy atom. The minimum atomic E-state index is -0.418. The van der Waals surface area contributed by atoms with Crippen molar-refractivity contribution in [2.45, 2.75) is 11.8 Å². The van der Waals surface area contributed by atoms with Gasteiger partial charge in [0.05, 0.1) is 11.5 Å². The molecule has 1 aromatic carbocycles. The summed E-state index contributed by atoms with van der Waals surface area (Å²) in [6, 6.07) is 6.23. The van der Waals surface area contributed by atoms with E-state index in [9.17, 15) is 10.1 Å². The van der Waals surface area contributed by atoms with Gasteiger partial charge in [-0.2, -0.15) is 11.8 Å². The molecule has 88 valence electrons. The zero-order valence-electron chi connectivity index (χ0n) is 8.70. The maximum absolute atomic E-state index is 10.4. The highest BCUT2D eigenvalue weighted by molar-refractivity contribution is 7.98. The van der Waals surface area contributed by atoms with E-state index in [1.165, 1.54) is 12.1 Å². The molecule has 0 saturated heterocycles. The van der Waals surface area contributed by atoms with Crippen LogP contribution in [0.4, 0.5) is 5.69 Å². The number of hydrogen-bond acceptors (Lipinski definition) is 5. The van der Waals surface area contributed by atoms with Crippen LogP contribution in [0.25, 0.3) is 0 Å². The highest BCUT2D eigenvalue weighted by Crippen LogP contribution is 2.16. The van der Waals surface area contributed by atoms with Gasteiger partial charge in [-0.25, -0.2) is 0 Å². The Hall–Kier alpha value is -1.11. The van der Waals surface area contributed by atoms with Crippen molar-refractivity contribution in [3.8, 4) is 0 Å². The molecule has 1 rings (SSSR count). The van der Waals surface area contributed by atoms with Crippen LogP contribution in [0, 0.1) is 10.1 Å². The van der Waals surface area contributed by atoms with E-state index in [2.05, 4.69) is 0 Å². The summed E-state index contributed by atoms with van der Waals surface area (Å²) in [7, 11) is 0. The number of aliphatic hydroxyl groups is 1. The largest absolute Gasteiger partial charge is 0.395 e. The number of aliphatic hydroxyl groups excluding tert-OH is 1. The SMILES string of the molecule is N[C@H](CO)CSCc1ccc([N+](=O)[O-])cc1. The molecule has 0 saturated carbocycles. The highest BCUT2D eigenvalue weighted by atomic mass is 32.2. The second-order valence-corrected chi connectivity index (χ2v) is 4.41. The van der Waals surface area contributed by atoms with Gasteiger partial charge in [0.1, 0.15) is 0 Å². The third-order valence-corrected chi connectivity index (χ3v) is 3.18. The lowest BCUT2D eigenvalue weighted by molar-refractivity contribution is -0.384. The molecule has 0 aromatic heterocycles. The molecule has 3 N–H and O–H groups in total. The van der Waals surface area contributed by atoms with Crippen LogP contribution in [0.5, 0.6) is 0 Å². The zero-order valence-corrected chi connectivity index (χ0v) is 9.52. The van der Waals surface area contributed by atoms with Crippen molar-refractivity contribution in [3.05, 3.63) is 39.9 Å². The van der Waals surface area contributed by atoms with E-state index in [1.807, 2.05) is 0 Å². The first-order chi connectivity index (χ1) is 7.63. The average Bonchev–Trinajstić information content (AvgIpc) is 2.29. The van der Waals surface area contributed by atoms with E-state index in [-0.39, 0.29) is 18.3 Å². The first-order valence-corrected chi connectivity index (χ1v) is 5.96. The molecule has 0 heterocycles. The monoisotopic (exact) mass is 242 g/mol. The fraction of sp³-hybridized carbons (Fsp3) is 0.400. The third-order valence-electron chi connectivity index (χ3n) is 1.98. The minimum absolute atomic E-state index is 0.0206. The van der Waals surface area contributed by atoms with E-state index in [1.54, 1.807) is 23.9 Å². The summed E-state index contributed by atoms with van der Waals surface area (Å²) >= 11 is 1.60. The normalized spacial score (nSPS) is 12.4. The molecule has 0 aliphatic heterocycles. The van der Waals surface area contributed by atoms with Gasteiger partial charge in [-0.15, -0.1) is 0 Å². The molecular weight excluding hydrogens is 228 g/mol. The van der Waals surface area contributed by atoms with Crippen LogP contribution < -0.4 is 5.73 Å². The summed E-state index contributed by atoms with van der Waals surface area (Å²) in [5, 5.41) is 19.1. The number of nitrogens with zero attached hydrogens (tertiary/aromatic N) is 1. The second-order valence-electron chi connectivity index (χ2n) is 3.38. The fourth-order valence-corrected chi connectivity index (χ4v) is 2.05. The van der Waals surface area contributed by atoms with Crippen molar-refractivity contribution in [2.75, 3.05) is 12.4 Å². The van der Waals surface area contributed by atoms with E-state index < -0.39 is 4.92 Å². The predicted molar refractivity (Wildman–Crippen MR) is 64.3 cm³/mol. The molecule has 5 nitrogen and oxygen atoms in total. The summed E-state index contributed by atoms with van der Waals surface area (Å²) in [5.74, 6) is 1.42. The molecule has 16 heavy (non-hydrogen) atoms. The minimum Gasteiger partial charge on any atom is -0.395 e. The summed E-state index contributed by atoms with van der Waals surface area (Å²) < 4.78 is 0. The molecule has 0 fully saturated rings. The Bertz CT molecular complexity index is 342. The number of benzene rings is 1. The Morgan fingerprint density at radius 3 is 2.56 bits per heavy atom. The molecule has 0 amide bonds. The first kappa shape index (κ1) is 13.0. The molecule has 1 aromatic rings. The molecular formula is C10H14N2O3S. The number of nitrogens with two attached hydrogens (primary N) is 1. The van der Waals surface area contributed by atoms with Gasteiger partial charge in [-0.05, 0) is 5.56 Å². The first-order valence-electron chi connectivity index (χ1n) is 4.81. The molecule has 0 aliphatic carbocycles. The summed E-state index contributed by atoms with van der Waals surface area (Å²) in [6.07, 6.45) is 0. The van der Waals surface area contributed by atoms with Gasteiger partial charge in [0.25, 0.3) is 5.69 Å². The summed E-state index contributed by atoms with van der Waals surface area (Å²) in [6.45, 7) is -0.0206. The lowest BCUT2D eigenvalue weighted by Gasteiger charge is -2.06. The van der Waals surface area contributed by atoms with Crippen molar-refractivity contribution in [3.63, 3.8) is 0 Å². The average molecular weight is 242 g/mol. The molecule has 0 unspecified atom stereocenters. The predicted octanol–water partition coefficient (Wildman–Crippen LogP) is 1.15. The van der Waals surface area contributed by atoms with Crippen LogP contribution in [0.15, 0.2) is 24.3 Å². The number of hydrogen-bond donors (Lipinski definition) is 2. The highest BCUT2D eigenvalue weighted by Gasteiger charge is 2.04. The van der Waals surface area contributed by atoms with E-state index in [0.29, 0.717) is 5.75 Å². The van der Waals surface area contributed by atoms with Crippen LogP contribution in [0.3, 0.4) is 0 Å². The zero-order chi connectivity index (χ0) is 12.0. The van der Waals surface area contributed by atoms with Crippen LogP contribution in [-0.2, 0) is 5.75 Å². The Labute approximate surface area is 97.8 Å². The lowest BCUT2D eigenvalue weighted by atomic mass is 10.2. The number of non-ortho nitro benzene ring substituents is 1. The Morgan fingerprint density at radius 2 is 2.06 bits per heavy atom. The Kier molecular flexibility index (Phi) is 5.24. The number of thioether (sulfide) groups is 1. The van der Waals surface area contributed by atoms with Crippen LogP contribution in [0.2, 0.25) is 0 Å². The molecule has 0 aliphatic rings. The van der Waals surface area contributed by atoms with E-state index in [4.69, 9.17) is 10.8 Å². The number of nitro benzene ring substituents is 1. The van der Waals surface area contributed by atoms with E-state index >= 15 is 0 Å². The van der Waals surface area contributed by atoms with Gasteiger partial charge in [0.2, 0.25) is 0 Å². The van der Waals surface area contributed by atoms with Crippen LogP contribution in [-0.4, -0.2) is 28.4 Å². The van der Waals surface area contributed by atoms with E-state index in [0.717, 1.165) is 11.3 Å². The number of rotatable bonds is 6. The molecule has 6 heteroatoms. The van der Waals surface area contributed by atoms with Gasteiger partial charge in [-0.1, -0.05) is 12.1 Å². The Balaban J connectivity index is 2.40. The standard InChI is InChI=1S/C10H14N2O3S/c11-9(5-13)7-16-6-8-1-3-10(4-2-8)12(14)15/h1-4,9,13H,5-7,11H2/t9-/m1/s1. The molecule has 1 atom stereocenters. The maximum Gasteiger partial charge on any atom is 0.269 e. The van der Waals surface area contributed by atoms with Crippen molar-refractivity contribution in [1.29, 1.82) is 0 Å². The summed E-state index contributed by atoms with van der Waals surface area (Å²) in [5.41, 5.74) is 6.65.